The van der Waals surface area contributed by atoms with E-state index in [0.29, 0.717) is 18.1 Å². The summed E-state index contributed by atoms with van der Waals surface area (Å²) >= 11 is 0. The standard InChI is InChI=1S/C15H22N2/c16-13-5-7-14(8-6-13)17-15-9-11-3-1-2-4-12(11)10-15/h1-4,13-15,17H,5-10,16H2/t13-,14+. The van der Waals surface area contributed by atoms with Crippen LogP contribution in [-0.4, -0.2) is 18.1 Å². The van der Waals surface area contributed by atoms with Crippen molar-refractivity contribution in [2.24, 2.45) is 5.73 Å². The molecule has 2 aliphatic rings. The van der Waals surface area contributed by atoms with Crippen molar-refractivity contribution in [1.82, 2.24) is 5.32 Å². The highest BCUT2D eigenvalue weighted by atomic mass is 15.0. The zero-order valence-electron chi connectivity index (χ0n) is 10.4. The number of hydrogen-bond acceptors (Lipinski definition) is 2. The average molecular weight is 230 g/mol. The molecule has 0 saturated heterocycles. The first-order valence-electron chi connectivity index (χ1n) is 6.89. The number of hydrogen-bond donors (Lipinski definition) is 2. The smallest absolute Gasteiger partial charge is 0.0151 e. The molecule has 3 N–H and O–H groups in total. The third-order valence-corrected chi connectivity index (χ3v) is 4.29. The van der Waals surface area contributed by atoms with Crippen molar-refractivity contribution in [1.29, 1.82) is 0 Å². The van der Waals surface area contributed by atoms with Gasteiger partial charge in [-0.15, -0.1) is 0 Å². The highest BCUT2D eigenvalue weighted by Crippen LogP contribution is 2.24. The van der Waals surface area contributed by atoms with Crippen LogP contribution in [0.1, 0.15) is 36.8 Å². The molecule has 0 aliphatic heterocycles. The maximum absolute atomic E-state index is 5.95. The Hall–Kier alpha value is -0.860. The van der Waals surface area contributed by atoms with E-state index in [1.165, 1.54) is 49.7 Å². The Bertz CT molecular complexity index is 355. The minimum absolute atomic E-state index is 0.453. The van der Waals surface area contributed by atoms with Gasteiger partial charge in [0.2, 0.25) is 0 Å². The van der Waals surface area contributed by atoms with Crippen LogP contribution in [-0.2, 0) is 12.8 Å². The van der Waals surface area contributed by atoms with Crippen LogP contribution in [0.5, 0.6) is 0 Å². The Balaban J connectivity index is 1.55. The Morgan fingerprint density at radius 2 is 1.47 bits per heavy atom. The van der Waals surface area contributed by atoms with Gasteiger partial charge in [-0.1, -0.05) is 24.3 Å². The molecule has 0 atom stereocenters. The van der Waals surface area contributed by atoms with E-state index in [2.05, 4.69) is 29.6 Å². The molecule has 2 heteroatoms. The molecule has 1 saturated carbocycles. The van der Waals surface area contributed by atoms with Crippen LogP contribution in [0.4, 0.5) is 0 Å². The molecule has 0 unspecified atom stereocenters. The lowest BCUT2D eigenvalue weighted by molar-refractivity contribution is 0.316. The largest absolute Gasteiger partial charge is 0.328 e. The topological polar surface area (TPSA) is 38.0 Å². The molecule has 17 heavy (non-hydrogen) atoms. The molecule has 0 heterocycles. The van der Waals surface area contributed by atoms with Crippen molar-refractivity contribution < 1.29 is 0 Å². The molecule has 1 aromatic rings. The van der Waals surface area contributed by atoms with Crippen molar-refractivity contribution in [2.75, 3.05) is 0 Å². The van der Waals surface area contributed by atoms with E-state index in [1.807, 2.05) is 0 Å². The first-order chi connectivity index (χ1) is 8.31. The van der Waals surface area contributed by atoms with Gasteiger partial charge in [-0.3, -0.25) is 0 Å². The monoisotopic (exact) mass is 230 g/mol. The maximum Gasteiger partial charge on any atom is 0.0151 e. The van der Waals surface area contributed by atoms with Crippen molar-refractivity contribution in [3.8, 4) is 0 Å². The minimum Gasteiger partial charge on any atom is -0.328 e. The summed E-state index contributed by atoms with van der Waals surface area (Å²) in [4.78, 5) is 0. The third-order valence-electron chi connectivity index (χ3n) is 4.29. The molecule has 0 radical (unpaired) electrons. The fraction of sp³-hybridized carbons (Fsp3) is 0.600. The Labute approximate surface area is 104 Å². The molecule has 0 amide bonds. The third kappa shape index (κ3) is 2.53. The number of benzene rings is 1. The Morgan fingerprint density at radius 1 is 0.882 bits per heavy atom. The number of nitrogens with one attached hydrogen (secondary N) is 1. The van der Waals surface area contributed by atoms with Gasteiger partial charge in [0.05, 0.1) is 0 Å². The summed E-state index contributed by atoms with van der Waals surface area (Å²) in [6, 6.07) is 10.7. The lowest BCUT2D eigenvalue weighted by Crippen LogP contribution is -2.43. The summed E-state index contributed by atoms with van der Waals surface area (Å²) in [5.74, 6) is 0. The minimum atomic E-state index is 0.453. The molecule has 0 bridgehead atoms. The highest BCUT2D eigenvalue weighted by Gasteiger charge is 2.25. The van der Waals surface area contributed by atoms with Gasteiger partial charge in [-0.05, 0) is 49.7 Å². The highest BCUT2D eigenvalue weighted by molar-refractivity contribution is 5.33. The van der Waals surface area contributed by atoms with E-state index in [4.69, 9.17) is 5.73 Å². The van der Waals surface area contributed by atoms with Gasteiger partial charge in [-0.25, -0.2) is 0 Å². The van der Waals surface area contributed by atoms with Crippen LogP contribution in [0.25, 0.3) is 0 Å². The summed E-state index contributed by atoms with van der Waals surface area (Å²) in [6.07, 6.45) is 7.31. The summed E-state index contributed by atoms with van der Waals surface area (Å²) < 4.78 is 0. The van der Waals surface area contributed by atoms with Crippen molar-refractivity contribution in [2.45, 2.75) is 56.7 Å². The molecule has 0 aromatic heterocycles. The molecule has 0 spiro atoms. The molecule has 3 rings (SSSR count). The quantitative estimate of drug-likeness (QED) is 0.815. The first-order valence-corrected chi connectivity index (χ1v) is 6.89. The van der Waals surface area contributed by atoms with Gasteiger partial charge >= 0.3 is 0 Å². The molecule has 1 fully saturated rings. The molecule has 1 aromatic carbocycles. The van der Waals surface area contributed by atoms with E-state index >= 15 is 0 Å². The zero-order valence-corrected chi connectivity index (χ0v) is 10.4. The van der Waals surface area contributed by atoms with Crippen molar-refractivity contribution in [3.63, 3.8) is 0 Å². The van der Waals surface area contributed by atoms with Crippen LogP contribution in [0.2, 0.25) is 0 Å². The Morgan fingerprint density at radius 3 is 2.06 bits per heavy atom. The van der Waals surface area contributed by atoms with E-state index in [0.717, 1.165) is 0 Å². The van der Waals surface area contributed by atoms with E-state index < -0.39 is 0 Å². The number of rotatable bonds is 2. The predicted octanol–water partition coefficient (Wildman–Crippen LogP) is 2.01. The summed E-state index contributed by atoms with van der Waals surface area (Å²) in [5, 5.41) is 3.83. The molecular weight excluding hydrogens is 208 g/mol. The normalized spacial score (nSPS) is 29.2. The fourth-order valence-corrected chi connectivity index (χ4v) is 3.30. The molecular formula is C15H22N2. The van der Waals surface area contributed by atoms with E-state index in [9.17, 15) is 0 Å². The van der Waals surface area contributed by atoms with Gasteiger partial charge in [-0.2, -0.15) is 0 Å². The second-order valence-corrected chi connectivity index (χ2v) is 5.65. The average Bonchev–Trinajstić information content (AvgIpc) is 2.74. The van der Waals surface area contributed by atoms with Crippen molar-refractivity contribution in [3.05, 3.63) is 35.4 Å². The Kier molecular flexibility index (Phi) is 3.17. The summed E-state index contributed by atoms with van der Waals surface area (Å²) in [7, 11) is 0. The SMILES string of the molecule is N[C@H]1CC[C@@H](NC2Cc3ccccc3C2)CC1. The lowest BCUT2D eigenvalue weighted by Gasteiger charge is -2.29. The number of fused-ring (bicyclic) bond motifs is 1. The van der Waals surface area contributed by atoms with Gasteiger partial charge in [0.1, 0.15) is 0 Å². The van der Waals surface area contributed by atoms with Crippen LogP contribution in [0.3, 0.4) is 0 Å². The molecule has 2 nitrogen and oxygen atoms in total. The van der Waals surface area contributed by atoms with Crippen LogP contribution in [0, 0.1) is 0 Å². The van der Waals surface area contributed by atoms with Crippen LogP contribution >= 0.6 is 0 Å². The predicted molar refractivity (Wildman–Crippen MR) is 71.0 cm³/mol. The maximum atomic E-state index is 5.95. The second-order valence-electron chi connectivity index (χ2n) is 5.65. The van der Waals surface area contributed by atoms with Gasteiger partial charge < -0.3 is 11.1 Å². The van der Waals surface area contributed by atoms with Gasteiger partial charge in [0, 0.05) is 18.1 Å². The fourth-order valence-electron chi connectivity index (χ4n) is 3.30. The van der Waals surface area contributed by atoms with Crippen LogP contribution < -0.4 is 11.1 Å². The summed E-state index contributed by atoms with van der Waals surface area (Å²) in [6.45, 7) is 0. The lowest BCUT2D eigenvalue weighted by atomic mass is 9.91. The molecule has 2 aliphatic carbocycles. The van der Waals surface area contributed by atoms with E-state index in [1.54, 1.807) is 0 Å². The van der Waals surface area contributed by atoms with Gasteiger partial charge in [0.15, 0.2) is 0 Å². The zero-order chi connectivity index (χ0) is 11.7. The number of nitrogens with two attached hydrogens (primary N) is 1. The second kappa shape index (κ2) is 4.79. The van der Waals surface area contributed by atoms with Gasteiger partial charge in [0.25, 0.3) is 0 Å². The van der Waals surface area contributed by atoms with Crippen molar-refractivity contribution >= 4 is 0 Å². The first kappa shape index (κ1) is 11.2. The van der Waals surface area contributed by atoms with Crippen LogP contribution in [0.15, 0.2) is 24.3 Å². The summed E-state index contributed by atoms with van der Waals surface area (Å²) in [5.41, 5.74) is 9.02. The van der Waals surface area contributed by atoms with E-state index in [-0.39, 0.29) is 0 Å². The molecule has 92 valence electrons.